The van der Waals surface area contributed by atoms with Crippen molar-refractivity contribution in [1.29, 1.82) is 0 Å². The van der Waals surface area contributed by atoms with Crippen LogP contribution in [-0.2, 0) is 11.3 Å². The molecule has 0 spiro atoms. The summed E-state index contributed by atoms with van der Waals surface area (Å²) >= 11 is 0. The van der Waals surface area contributed by atoms with Gasteiger partial charge in [0.05, 0.1) is 11.6 Å². The Hall–Kier alpha value is -1.88. The van der Waals surface area contributed by atoms with Crippen LogP contribution in [0.5, 0.6) is 0 Å². The van der Waals surface area contributed by atoms with Crippen LogP contribution < -0.4 is 10.6 Å². The Labute approximate surface area is 118 Å². The van der Waals surface area contributed by atoms with Gasteiger partial charge in [0, 0.05) is 6.54 Å². The van der Waals surface area contributed by atoms with Crippen molar-refractivity contribution in [2.75, 3.05) is 6.54 Å². The van der Waals surface area contributed by atoms with E-state index in [9.17, 15) is 9.59 Å². The molecule has 1 saturated heterocycles. The van der Waals surface area contributed by atoms with Crippen LogP contribution in [0.15, 0.2) is 24.3 Å². The summed E-state index contributed by atoms with van der Waals surface area (Å²) in [5, 5.41) is 14.9. The summed E-state index contributed by atoms with van der Waals surface area (Å²) in [5.74, 6) is -0.360. The second kappa shape index (κ2) is 6.52. The van der Waals surface area contributed by atoms with Gasteiger partial charge in [0.15, 0.2) is 0 Å². The average Bonchev–Trinajstić information content (AvgIpc) is 2.45. The zero-order chi connectivity index (χ0) is 14.5. The van der Waals surface area contributed by atoms with E-state index >= 15 is 0 Å². The molecular formula is C15H20N2O3. The second-order valence-electron chi connectivity index (χ2n) is 5.36. The second-order valence-corrected chi connectivity index (χ2v) is 5.36. The highest BCUT2D eigenvalue weighted by molar-refractivity contribution is 5.87. The van der Waals surface area contributed by atoms with E-state index in [1.54, 1.807) is 24.3 Å². The number of nitrogens with one attached hydrogen (secondary N) is 2. The maximum absolute atomic E-state index is 12.0. The molecule has 5 nitrogen and oxygen atoms in total. The summed E-state index contributed by atoms with van der Waals surface area (Å²) in [6.07, 6.45) is 1.98. The summed E-state index contributed by atoms with van der Waals surface area (Å²) in [5.41, 5.74) is 1.15. The summed E-state index contributed by atoms with van der Waals surface area (Å²) in [4.78, 5) is 22.8. The van der Waals surface area contributed by atoms with Crippen molar-refractivity contribution in [3.05, 3.63) is 35.4 Å². The number of aromatic carboxylic acids is 1. The molecule has 1 aliphatic rings. The fraction of sp³-hybridized carbons (Fsp3) is 0.467. The smallest absolute Gasteiger partial charge is 0.335 e. The molecule has 108 valence electrons. The molecule has 0 radical (unpaired) electrons. The lowest BCUT2D eigenvalue weighted by Crippen LogP contribution is -2.48. The Morgan fingerprint density at radius 2 is 2.05 bits per heavy atom. The Kier molecular flexibility index (Phi) is 4.74. The molecule has 2 rings (SSSR count). The first kappa shape index (κ1) is 14.5. The van der Waals surface area contributed by atoms with Crippen LogP contribution in [0.2, 0.25) is 0 Å². The van der Waals surface area contributed by atoms with E-state index in [2.05, 4.69) is 17.6 Å². The SMILES string of the molecule is CC1CCNC(C(=O)NCc2ccc(C(=O)O)cc2)C1. The molecule has 5 heteroatoms. The quantitative estimate of drug-likeness (QED) is 0.776. The molecule has 2 atom stereocenters. The van der Waals surface area contributed by atoms with Crippen LogP contribution in [0.4, 0.5) is 0 Å². The normalized spacial score (nSPS) is 22.2. The highest BCUT2D eigenvalue weighted by atomic mass is 16.4. The van der Waals surface area contributed by atoms with Crippen molar-refractivity contribution in [2.24, 2.45) is 5.92 Å². The Bertz CT molecular complexity index is 484. The van der Waals surface area contributed by atoms with Gasteiger partial charge in [0.25, 0.3) is 0 Å². The molecule has 3 N–H and O–H groups in total. The third kappa shape index (κ3) is 3.81. The monoisotopic (exact) mass is 276 g/mol. The number of carboxylic acids is 1. The Morgan fingerprint density at radius 3 is 2.65 bits per heavy atom. The lowest BCUT2D eigenvalue weighted by Gasteiger charge is -2.27. The number of carboxylic acid groups (broad SMARTS) is 1. The lowest BCUT2D eigenvalue weighted by molar-refractivity contribution is -0.124. The van der Waals surface area contributed by atoms with Gasteiger partial charge in [-0.1, -0.05) is 19.1 Å². The summed E-state index contributed by atoms with van der Waals surface area (Å²) < 4.78 is 0. The lowest BCUT2D eigenvalue weighted by atomic mass is 9.94. The third-order valence-electron chi connectivity index (χ3n) is 3.65. The van der Waals surface area contributed by atoms with Crippen molar-refractivity contribution < 1.29 is 14.7 Å². The number of hydrogen-bond acceptors (Lipinski definition) is 3. The van der Waals surface area contributed by atoms with Gasteiger partial charge in [-0.2, -0.15) is 0 Å². The summed E-state index contributed by atoms with van der Waals surface area (Å²) in [7, 11) is 0. The van der Waals surface area contributed by atoms with E-state index in [1.165, 1.54) is 0 Å². The van der Waals surface area contributed by atoms with Crippen molar-refractivity contribution >= 4 is 11.9 Å². The molecule has 0 saturated carbocycles. The predicted octanol–water partition coefficient (Wildman–Crippen LogP) is 1.39. The highest BCUT2D eigenvalue weighted by Gasteiger charge is 2.23. The first-order valence-corrected chi connectivity index (χ1v) is 6.89. The van der Waals surface area contributed by atoms with Gasteiger partial charge >= 0.3 is 5.97 Å². The minimum atomic E-state index is -0.944. The number of amides is 1. The minimum Gasteiger partial charge on any atom is -0.478 e. The van der Waals surface area contributed by atoms with E-state index in [0.29, 0.717) is 12.5 Å². The van der Waals surface area contributed by atoms with E-state index in [4.69, 9.17) is 5.11 Å². The van der Waals surface area contributed by atoms with E-state index < -0.39 is 5.97 Å². The van der Waals surface area contributed by atoms with E-state index in [-0.39, 0.29) is 17.5 Å². The number of benzene rings is 1. The largest absolute Gasteiger partial charge is 0.478 e. The van der Waals surface area contributed by atoms with Gasteiger partial charge in [-0.25, -0.2) is 4.79 Å². The van der Waals surface area contributed by atoms with Crippen LogP contribution >= 0.6 is 0 Å². The molecule has 0 aromatic heterocycles. The van der Waals surface area contributed by atoms with Crippen molar-refractivity contribution in [2.45, 2.75) is 32.4 Å². The topological polar surface area (TPSA) is 78.4 Å². The molecular weight excluding hydrogens is 256 g/mol. The van der Waals surface area contributed by atoms with Gasteiger partial charge in [-0.3, -0.25) is 4.79 Å². The van der Waals surface area contributed by atoms with Gasteiger partial charge < -0.3 is 15.7 Å². The maximum Gasteiger partial charge on any atom is 0.335 e. The molecule has 2 unspecified atom stereocenters. The van der Waals surface area contributed by atoms with Gasteiger partial charge in [0.2, 0.25) is 5.91 Å². The average molecular weight is 276 g/mol. The fourth-order valence-corrected chi connectivity index (χ4v) is 2.38. The molecule has 1 heterocycles. The minimum absolute atomic E-state index is 0.0128. The number of rotatable bonds is 4. The van der Waals surface area contributed by atoms with Crippen LogP contribution in [0.3, 0.4) is 0 Å². The zero-order valence-electron chi connectivity index (χ0n) is 11.6. The van der Waals surface area contributed by atoms with E-state index in [0.717, 1.165) is 24.9 Å². The van der Waals surface area contributed by atoms with Crippen LogP contribution in [0.1, 0.15) is 35.7 Å². The van der Waals surface area contributed by atoms with Gasteiger partial charge in [0.1, 0.15) is 0 Å². The molecule has 0 bridgehead atoms. The fourth-order valence-electron chi connectivity index (χ4n) is 2.38. The first-order valence-electron chi connectivity index (χ1n) is 6.89. The molecule has 0 aliphatic carbocycles. The highest BCUT2D eigenvalue weighted by Crippen LogP contribution is 2.15. The van der Waals surface area contributed by atoms with Gasteiger partial charge in [-0.05, 0) is 43.0 Å². The van der Waals surface area contributed by atoms with Crippen LogP contribution in [0.25, 0.3) is 0 Å². The van der Waals surface area contributed by atoms with Crippen molar-refractivity contribution in [3.63, 3.8) is 0 Å². The number of carbonyl (C=O) groups excluding carboxylic acids is 1. The Balaban J connectivity index is 1.85. The van der Waals surface area contributed by atoms with E-state index in [1.807, 2.05) is 0 Å². The molecule has 1 amide bonds. The number of carbonyl (C=O) groups is 2. The van der Waals surface area contributed by atoms with Crippen molar-refractivity contribution in [3.8, 4) is 0 Å². The first-order chi connectivity index (χ1) is 9.56. The third-order valence-corrected chi connectivity index (χ3v) is 3.65. The summed E-state index contributed by atoms with van der Waals surface area (Å²) in [6.45, 7) is 3.46. The Morgan fingerprint density at radius 1 is 1.35 bits per heavy atom. The van der Waals surface area contributed by atoms with Crippen LogP contribution in [0, 0.1) is 5.92 Å². The molecule has 20 heavy (non-hydrogen) atoms. The molecule has 1 aliphatic heterocycles. The number of hydrogen-bond donors (Lipinski definition) is 3. The number of piperidine rings is 1. The van der Waals surface area contributed by atoms with Gasteiger partial charge in [-0.15, -0.1) is 0 Å². The maximum atomic E-state index is 12.0. The zero-order valence-corrected chi connectivity index (χ0v) is 11.6. The standard InChI is InChI=1S/C15H20N2O3/c1-10-6-7-16-13(8-10)14(18)17-9-11-2-4-12(5-3-11)15(19)20/h2-5,10,13,16H,6-9H2,1H3,(H,17,18)(H,19,20). The molecule has 1 fully saturated rings. The predicted molar refractivity (Wildman–Crippen MR) is 75.4 cm³/mol. The van der Waals surface area contributed by atoms with Crippen LogP contribution in [-0.4, -0.2) is 29.6 Å². The molecule has 1 aromatic rings. The summed E-state index contributed by atoms with van der Waals surface area (Å²) in [6, 6.07) is 6.42. The molecule has 1 aromatic carbocycles. The van der Waals surface area contributed by atoms with Crippen molar-refractivity contribution in [1.82, 2.24) is 10.6 Å².